The largest absolute Gasteiger partial charge is 0.324 e. The van der Waals surface area contributed by atoms with Crippen LogP contribution in [0.3, 0.4) is 0 Å². The summed E-state index contributed by atoms with van der Waals surface area (Å²) in [4.78, 5) is 31.2. The van der Waals surface area contributed by atoms with Gasteiger partial charge in [-0.2, -0.15) is 0 Å². The van der Waals surface area contributed by atoms with Gasteiger partial charge in [-0.15, -0.1) is 11.3 Å². The number of carbonyl (C=O) groups excluding carboxylic acids is 1. The predicted octanol–water partition coefficient (Wildman–Crippen LogP) is 3.53. The molecule has 0 spiro atoms. The third kappa shape index (κ3) is 3.49. The zero-order chi connectivity index (χ0) is 18.0. The maximum absolute atomic E-state index is 12.6. The molecule has 2 aromatic heterocycles. The number of fused-ring (bicyclic) bond motifs is 1. The van der Waals surface area contributed by atoms with E-state index in [1.807, 2.05) is 38.1 Å². The van der Waals surface area contributed by atoms with Crippen LogP contribution in [0, 0.1) is 6.92 Å². The van der Waals surface area contributed by atoms with Gasteiger partial charge >= 0.3 is 0 Å². The molecule has 0 saturated heterocycles. The van der Waals surface area contributed by atoms with Crippen molar-refractivity contribution in [3.05, 3.63) is 57.0 Å². The molecule has 0 aliphatic carbocycles. The lowest BCUT2D eigenvalue weighted by Crippen LogP contribution is -2.28. The lowest BCUT2D eigenvalue weighted by Gasteiger charge is -2.13. The van der Waals surface area contributed by atoms with Crippen molar-refractivity contribution < 1.29 is 4.79 Å². The van der Waals surface area contributed by atoms with Gasteiger partial charge in [0.25, 0.3) is 5.56 Å². The van der Waals surface area contributed by atoms with Gasteiger partial charge in [0.15, 0.2) is 0 Å². The normalized spacial score (nSPS) is 11.0. The number of aromatic nitrogens is 2. The Morgan fingerprint density at radius 1 is 1.28 bits per heavy atom. The average Bonchev–Trinajstić information content (AvgIpc) is 3.03. The summed E-state index contributed by atoms with van der Waals surface area (Å²) in [7, 11) is 0. The Balaban J connectivity index is 1.85. The van der Waals surface area contributed by atoms with Gasteiger partial charge in [0.2, 0.25) is 5.91 Å². The van der Waals surface area contributed by atoms with E-state index in [1.54, 1.807) is 0 Å². The molecule has 130 valence electrons. The fraction of sp³-hybridized carbons (Fsp3) is 0.316. The van der Waals surface area contributed by atoms with Gasteiger partial charge in [-0.3, -0.25) is 14.2 Å². The number of benzene rings is 1. The molecule has 0 unspecified atom stereocenters. The Labute approximate surface area is 150 Å². The first-order valence-electron chi connectivity index (χ1n) is 8.39. The van der Waals surface area contributed by atoms with E-state index in [9.17, 15) is 9.59 Å². The molecule has 0 aliphatic heterocycles. The van der Waals surface area contributed by atoms with Crippen molar-refractivity contribution in [2.75, 3.05) is 5.32 Å². The van der Waals surface area contributed by atoms with E-state index in [0.29, 0.717) is 5.39 Å². The maximum atomic E-state index is 12.6. The number of thiophene rings is 1. The minimum absolute atomic E-state index is 0.0451. The molecule has 6 heteroatoms. The van der Waals surface area contributed by atoms with Crippen LogP contribution >= 0.6 is 11.3 Å². The van der Waals surface area contributed by atoms with Crippen molar-refractivity contribution in [3.63, 3.8) is 0 Å². The van der Waals surface area contributed by atoms with Crippen LogP contribution in [0.5, 0.6) is 0 Å². The quantitative estimate of drug-likeness (QED) is 0.761. The number of nitrogens with one attached hydrogen (secondary N) is 1. The molecule has 25 heavy (non-hydrogen) atoms. The van der Waals surface area contributed by atoms with Gasteiger partial charge in [0.05, 0.1) is 11.7 Å². The van der Waals surface area contributed by atoms with Crippen LogP contribution in [0.15, 0.2) is 35.4 Å². The SMILES string of the molecule is CCc1cc2c(=O)n(CC(=O)Nc3c(C)cccc3CC)cnc2s1. The standard InChI is InChI=1S/C19H21N3O2S/c1-4-13-8-6-7-12(3)17(13)21-16(23)10-22-11-20-18-15(19(22)24)9-14(5-2)25-18/h6-9,11H,4-5,10H2,1-3H3,(H,21,23). The van der Waals surface area contributed by atoms with Crippen LogP contribution in [-0.2, 0) is 24.2 Å². The fourth-order valence-electron chi connectivity index (χ4n) is 2.83. The Bertz CT molecular complexity index is 988. The molecule has 1 aromatic carbocycles. The van der Waals surface area contributed by atoms with Crippen LogP contribution in [-0.4, -0.2) is 15.5 Å². The first-order valence-corrected chi connectivity index (χ1v) is 9.21. The van der Waals surface area contributed by atoms with Crippen LogP contribution in [0.4, 0.5) is 5.69 Å². The highest BCUT2D eigenvalue weighted by Gasteiger charge is 2.13. The van der Waals surface area contributed by atoms with Crippen LogP contribution in [0.2, 0.25) is 0 Å². The fourth-order valence-corrected chi connectivity index (χ4v) is 3.76. The molecule has 2 heterocycles. The van der Waals surface area contributed by atoms with E-state index in [4.69, 9.17) is 0 Å². The van der Waals surface area contributed by atoms with Gasteiger partial charge < -0.3 is 5.32 Å². The Morgan fingerprint density at radius 3 is 2.80 bits per heavy atom. The number of nitrogens with zero attached hydrogens (tertiary/aromatic N) is 2. The van der Waals surface area contributed by atoms with E-state index in [2.05, 4.69) is 17.2 Å². The van der Waals surface area contributed by atoms with E-state index in [-0.39, 0.29) is 18.0 Å². The first kappa shape index (κ1) is 17.4. The highest BCUT2D eigenvalue weighted by molar-refractivity contribution is 7.18. The highest BCUT2D eigenvalue weighted by Crippen LogP contribution is 2.22. The lowest BCUT2D eigenvalue weighted by atomic mass is 10.1. The third-order valence-electron chi connectivity index (χ3n) is 4.24. The van der Waals surface area contributed by atoms with Crippen molar-refractivity contribution in [2.45, 2.75) is 40.2 Å². The maximum Gasteiger partial charge on any atom is 0.262 e. The molecule has 1 N–H and O–H groups in total. The van der Waals surface area contributed by atoms with Crippen molar-refractivity contribution in [2.24, 2.45) is 0 Å². The van der Waals surface area contributed by atoms with E-state index >= 15 is 0 Å². The molecule has 5 nitrogen and oxygen atoms in total. The Morgan fingerprint density at radius 2 is 2.08 bits per heavy atom. The molecule has 0 saturated carbocycles. The van der Waals surface area contributed by atoms with Crippen molar-refractivity contribution in [1.29, 1.82) is 0 Å². The summed E-state index contributed by atoms with van der Waals surface area (Å²) >= 11 is 1.52. The highest BCUT2D eigenvalue weighted by atomic mass is 32.1. The minimum atomic E-state index is -0.224. The molecule has 0 atom stereocenters. The number of para-hydroxylation sites is 1. The minimum Gasteiger partial charge on any atom is -0.324 e. The zero-order valence-corrected chi connectivity index (χ0v) is 15.4. The molecule has 0 fully saturated rings. The summed E-state index contributed by atoms with van der Waals surface area (Å²) in [6.45, 7) is 6.02. The van der Waals surface area contributed by atoms with E-state index in [1.165, 1.54) is 22.2 Å². The van der Waals surface area contributed by atoms with Crippen LogP contribution in [0.1, 0.15) is 29.9 Å². The number of carbonyl (C=O) groups is 1. The summed E-state index contributed by atoms with van der Waals surface area (Å²) in [6.07, 6.45) is 3.16. The van der Waals surface area contributed by atoms with Gasteiger partial charge in [-0.1, -0.05) is 32.0 Å². The second-order valence-corrected chi connectivity index (χ2v) is 7.09. The molecule has 3 rings (SSSR count). The first-order chi connectivity index (χ1) is 12.0. The van der Waals surface area contributed by atoms with Gasteiger partial charge in [-0.05, 0) is 37.0 Å². The van der Waals surface area contributed by atoms with Gasteiger partial charge in [-0.25, -0.2) is 4.98 Å². The number of amides is 1. The molecule has 3 aromatic rings. The number of hydrogen-bond donors (Lipinski definition) is 1. The zero-order valence-electron chi connectivity index (χ0n) is 14.6. The second-order valence-electron chi connectivity index (χ2n) is 5.97. The summed E-state index contributed by atoms with van der Waals surface area (Å²) in [6, 6.07) is 7.82. The van der Waals surface area contributed by atoms with Crippen molar-refractivity contribution in [3.8, 4) is 0 Å². The topological polar surface area (TPSA) is 64.0 Å². The summed E-state index contributed by atoms with van der Waals surface area (Å²) < 4.78 is 1.37. The number of anilines is 1. The van der Waals surface area contributed by atoms with Gasteiger partial charge in [0, 0.05) is 10.6 Å². The third-order valence-corrected chi connectivity index (χ3v) is 5.42. The van der Waals surface area contributed by atoms with Crippen LogP contribution in [0.25, 0.3) is 10.2 Å². The molecule has 0 radical (unpaired) electrons. The molecule has 0 bridgehead atoms. The van der Waals surface area contributed by atoms with Crippen molar-refractivity contribution >= 4 is 33.1 Å². The smallest absolute Gasteiger partial charge is 0.262 e. The molecular formula is C19H21N3O2S. The number of aryl methyl sites for hydroxylation is 3. The average molecular weight is 355 g/mol. The Kier molecular flexibility index (Phi) is 4.99. The molecule has 0 aliphatic rings. The van der Waals surface area contributed by atoms with Gasteiger partial charge in [0.1, 0.15) is 11.4 Å². The summed E-state index contributed by atoms with van der Waals surface area (Å²) in [5.41, 5.74) is 2.76. The van der Waals surface area contributed by atoms with Crippen LogP contribution < -0.4 is 10.9 Å². The monoisotopic (exact) mass is 355 g/mol. The van der Waals surface area contributed by atoms with E-state index < -0.39 is 0 Å². The molecular weight excluding hydrogens is 334 g/mol. The predicted molar refractivity (Wildman–Crippen MR) is 102 cm³/mol. The Hall–Kier alpha value is -2.47. The lowest BCUT2D eigenvalue weighted by molar-refractivity contribution is -0.116. The van der Waals surface area contributed by atoms with E-state index in [0.717, 1.165) is 39.4 Å². The van der Waals surface area contributed by atoms with Crippen molar-refractivity contribution in [1.82, 2.24) is 9.55 Å². The second kappa shape index (κ2) is 7.19. The summed E-state index contributed by atoms with van der Waals surface area (Å²) in [5.74, 6) is -0.224. The molecule has 1 amide bonds. The summed E-state index contributed by atoms with van der Waals surface area (Å²) in [5, 5.41) is 3.53. The number of rotatable bonds is 5. The number of hydrogen-bond acceptors (Lipinski definition) is 4.